The van der Waals surface area contributed by atoms with Gasteiger partial charge < -0.3 is 10.1 Å². The smallest absolute Gasteiger partial charge is 0.262 e. The minimum atomic E-state index is -0.159. The quantitative estimate of drug-likeness (QED) is 0.801. The number of carbonyl (C=O) groups is 1. The van der Waals surface area contributed by atoms with Crippen molar-refractivity contribution in [1.82, 2.24) is 4.90 Å². The van der Waals surface area contributed by atoms with Gasteiger partial charge in [-0.2, -0.15) is 0 Å². The highest BCUT2D eigenvalue weighted by molar-refractivity contribution is 5.91. The standard InChI is InChI=1S/C20H26N2O2/c1-4-22(5-2)14-17-9-11-18(12-10-17)21-20(23)15-24-19-8-6-7-16(3)13-19/h6-13H,4-5,14-15H2,1-3H3,(H,21,23). The first kappa shape index (κ1) is 18.0. The highest BCUT2D eigenvalue weighted by Gasteiger charge is 2.05. The first-order valence-corrected chi connectivity index (χ1v) is 8.41. The Morgan fingerprint density at radius 3 is 2.42 bits per heavy atom. The lowest BCUT2D eigenvalue weighted by Crippen LogP contribution is -2.22. The fourth-order valence-corrected chi connectivity index (χ4v) is 2.45. The van der Waals surface area contributed by atoms with Gasteiger partial charge in [-0.25, -0.2) is 0 Å². The zero-order valence-electron chi connectivity index (χ0n) is 14.7. The van der Waals surface area contributed by atoms with Gasteiger partial charge >= 0.3 is 0 Å². The molecular formula is C20H26N2O2. The van der Waals surface area contributed by atoms with E-state index in [2.05, 4.69) is 36.2 Å². The van der Waals surface area contributed by atoms with Gasteiger partial charge in [0.1, 0.15) is 5.75 Å². The summed E-state index contributed by atoms with van der Waals surface area (Å²) in [6.07, 6.45) is 0. The second kappa shape index (κ2) is 9.08. The van der Waals surface area contributed by atoms with Crippen molar-refractivity contribution in [2.45, 2.75) is 27.3 Å². The molecule has 1 N–H and O–H groups in total. The fourth-order valence-electron chi connectivity index (χ4n) is 2.45. The second-order valence-corrected chi connectivity index (χ2v) is 5.81. The lowest BCUT2D eigenvalue weighted by Gasteiger charge is -2.18. The van der Waals surface area contributed by atoms with Crippen LogP contribution in [0.3, 0.4) is 0 Å². The minimum Gasteiger partial charge on any atom is -0.484 e. The Kier molecular flexibility index (Phi) is 6.82. The van der Waals surface area contributed by atoms with Crippen LogP contribution in [-0.2, 0) is 11.3 Å². The molecule has 0 spiro atoms. The van der Waals surface area contributed by atoms with Gasteiger partial charge in [-0.3, -0.25) is 9.69 Å². The number of hydrogen-bond acceptors (Lipinski definition) is 3. The number of ether oxygens (including phenoxy) is 1. The molecule has 2 rings (SSSR count). The van der Waals surface area contributed by atoms with Gasteiger partial charge in [0.15, 0.2) is 6.61 Å². The van der Waals surface area contributed by atoms with E-state index in [0.717, 1.165) is 30.9 Å². The third kappa shape index (κ3) is 5.70. The summed E-state index contributed by atoms with van der Waals surface area (Å²) in [5, 5.41) is 2.86. The number of rotatable bonds is 8. The molecule has 0 fully saturated rings. The molecule has 24 heavy (non-hydrogen) atoms. The van der Waals surface area contributed by atoms with Crippen molar-refractivity contribution in [2.75, 3.05) is 25.0 Å². The number of aryl methyl sites for hydroxylation is 1. The predicted molar refractivity (Wildman–Crippen MR) is 98.4 cm³/mol. The molecule has 0 bridgehead atoms. The SMILES string of the molecule is CCN(CC)Cc1ccc(NC(=O)COc2cccc(C)c2)cc1. The molecule has 2 aromatic carbocycles. The lowest BCUT2D eigenvalue weighted by atomic mass is 10.2. The van der Waals surface area contributed by atoms with E-state index < -0.39 is 0 Å². The number of anilines is 1. The molecule has 2 aromatic rings. The monoisotopic (exact) mass is 326 g/mol. The first-order valence-electron chi connectivity index (χ1n) is 8.41. The van der Waals surface area contributed by atoms with Crippen molar-refractivity contribution < 1.29 is 9.53 Å². The van der Waals surface area contributed by atoms with E-state index in [1.165, 1.54) is 5.56 Å². The van der Waals surface area contributed by atoms with E-state index >= 15 is 0 Å². The molecule has 4 nitrogen and oxygen atoms in total. The zero-order chi connectivity index (χ0) is 17.4. The molecular weight excluding hydrogens is 300 g/mol. The summed E-state index contributed by atoms with van der Waals surface area (Å²) in [7, 11) is 0. The van der Waals surface area contributed by atoms with Crippen LogP contribution in [0.25, 0.3) is 0 Å². The zero-order valence-corrected chi connectivity index (χ0v) is 14.7. The third-order valence-electron chi connectivity index (χ3n) is 3.90. The van der Waals surface area contributed by atoms with Gasteiger partial charge in [0.05, 0.1) is 0 Å². The summed E-state index contributed by atoms with van der Waals surface area (Å²) >= 11 is 0. The maximum Gasteiger partial charge on any atom is 0.262 e. The largest absolute Gasteiger partial charge is 0.484 e. The van der Waals surface area contributed by atoms with E-state index in [1.54, 1.807) is 0 Å². The highest BCUT2D eigenvalue weighted by atomic mass is 16.5. The van der Waals surface area contributed by atoms with Crippen molar-refractivity contribution >= 4 is 11.6 Å². The molecule has 0 saturated heterocycles. The molecule has 0 radical (unpaired) electrons. The summed E-state index contributed by atoms with van der Waals surface area (Å²) in [5.74, 6) is 0.549. The van der Waals surface area contributed by atoms with Crippen molar-refractivity contribution in [1.29, 1.82) is 0 Å². The lowest BCUT2D eigenvalue weighted by molar-refractivity contribution is -0.118. The molecule has 0 aliphatic heterocycles. The maximum atomic E-state index is 12.0. The van der Waals surface area contributed by atoms with E-state index in [0.29, 0.717) is 5.75 Å². The Balaban J connectivity index is 1.83. The second-order valence-electron chi connectivity index (χ2n) is 5.81. The van der Waals surface area contributed by atoms with Crippen LogP contribution < -0.4 is 10.1 Å². The van der Waals surface area contributed by atoms with Crippen LogP contribution in [0.5, 0.6) is 5.75 Å². The number of nitrogens with zero attached hydrogens (tertiary/aromatic N) is 1. The van der Waals surface area contributed by atoms with E-state index in [-0.39, 0.29) is 12.5 Å². The number of hydrogen-bond donors (Lipinski definition) is 1. The molecule has 0 aliphatic rings. The van der Waals surface area contributed by atoms with Crippen molar-refractivity contribution in [3.8, 4) is 5.75 Å². The van der Waals surface area contributed by atoms with Crippen molar-refractivity contribution in [3.63, 3.8) is 0 Å². The summed E-state index contributed by atoms with van der Waals surface area (Å²) in [6.45, 7) is 9.31. The predicted octanol–water partition coefficient (Wildman–Crippen LogP) is 3.85. The van der Waals surface area contributed by atoms with Crippen molar-refractivity contribution in [2.24, 2.45) is 0 Å². The fraction of sp³-hybridized carbons (Fsp3) is 0.350. The topological polar surface area (TPSA) is 41.6 Å². The van der Waals surface area contributed by atoms with Gasteiger partial charge in [-0.05, 0) is 55.4 Å². The summed E-state index contributed by atoms with van der Waals surface area (Å²) in [5.41, 5.74) is 3.14. The molecule has 0 aliphatic carbocycles. The van der Waals surface area contributed by atoms with Gasteiger partial charge in [0, 0.05) is 12.2 Å². The first-order chi connectivity index (χ1) is 11.6. The van der Waals surface area contributed by atoms with Gasteiger partial charge in [-0.15, -0.1) is 0 Å². The average molecular weight is 326 g/mol. The van der Waals surface area contributed by atoms with Crippen LogP contribution in [0.1, 0.15) is 25.0 Å². The molecule has 0 unspecified atom stereocenters. The minimum absolute atomic E-state index is 0.00462. The van der Waals surface area contributed by atoms with Crippen LogP contribution >= 0.6 is 0 Å². The molecule has 1 amide bonds. The summed E-state index contributed by atoms with van der Waals surface area (Å²) < 4.78 is 5.51. The number of amides is 1. The van der Waals surface area contributed by atoms with Gasteiger partial charge in [-0.1, -0.05) is 38.1 Å². The Bertz CT molecular complexity index is 649. The number of carbonyl (C=O) groups excluding carboxylic acids is 1. The van der Waals surface area contributed by atoms with E-state index in [1.807, 2.05) is 43.3 Å². The highest BCUT2D eigenvalue weighted by Crippen LogP contribution is 2.14. The molecule has 0 saturated carbocycles. The number of benzene rings is 2. The molecule has 0 atom stereocenters. The molecule has 4 heteroatoms. The van der Waals surface area contributed by atoms with Crippen LogP contribution in [-0.4, -0.2) is 30.5 Å². The third-order valence-corrected chi connectivity index (χ3v) is 3.90. The Hall–Kier alpha value is -2.33. The Morgan fingerprint density at radius 2 is 1.79 bits per heavy atom. The van der Waals surface area contributed by atoms with Crippen LogP contribution in [0.4, 0.5) is 5.69 Å². The summed E-state index contributed by atoms with van der Waals surface area (Å²) in [6, 6.07) is 15.6. The number of nitrogens with one attached hydrogen (secondary N) is 1. The van der Waals surface area contributed by atoms with Crippen LogP contribution in [0.2, 0.25) is 0 Å². The Morgan fingerprint density at radius 1 is 1.08 bits per heavy atom. The Labute approximate surface area is 144 Å². The molecule has 128 valence electrons. The normalized spacial score (nSPS) is 10.7. The van der Waals surface area contributed by atoms with E-state index in [9.17, 15) is 4.79 Å². The van der Waals surface area contributed by atoms with Gasteiger partial charge in [0.25, 0.3) is 5.91 Å². The molecule has 0 aromatic heterocycles. The van der Waals surface area contributed by atoms with Crippen molar-refractivity contribution in [3.05, 3.63) is 59.7 Å². The summed E-state index contributed by atoms with van der Waals surface area (Å²) in [4.78, 5) is 14.3. The maximum absolute atomic E-state index is 12.0. The van der Waals surface area contributed by atoms with Crippen LogP contribution in [0, 0.1) is 6.92 Å². The van der Waals surface area contributed by atoms with E-state index in [4.69, 9.17) is 4.74 Å². The average Bonchev–Trinajstić information content (AvgIpc) is 2.59. The molecule has 0 heterocycles. The van der Waals surface area contributed by atoms with Crippen LogP contribution in [0.15, 0.2) is 48.5 Å². The van der Waals surface area contributed by atoms with Gasteiger partial charge in [0.2, 0.25) is 0 Å².